The first kappa shape index (κ1) is 18.2. The van der Waals surface area contributed by atoms with Crippen LogP contribution in [-0.2, 0) is 4.74 Å². The predicted octanol–water partition coefficient (Wildman–Crippen LogP) is 5.52. The van der Waals surface area contributed by atoms with Gasteiger partial charge in [0.1, 0.15) is 6.61 Å². The van der Waals surface area contributed by atoms with Crippen LogP contribution in [0.25, 0.3) is 5.70 Å². The molecule has 3 rings (SSSR count). The van der Waals surface area contributed by atoms with Crippen LogP contribution in [0.3, 0.4) is 0 Å². The smallest absolute Gasteiger partial charge is 0.211 e. The van der Waals surface area contributed by atoms with E-state index in [0.29, 0.717) is 18.4 Å². The Hall–Kier alpha value is -2.55. The molecule has 3 heteroatoms. The fourth-order valence-corrected chi connectivity index (χ4v) is 3.27. The van der Waals surface area contributed by atoms with Crippen molar-refractivity contribution in [1.29, 1.82) is 0 Å². The van der Waals surface area contributed by atoms with Gasteiger partial charge < -0.3 is 10.1 Å². The van der Waals surface area contributed by atoms with Gasteiger partial charge in [-0.25, -0.2) is 4.99 Å². The summed E-state index contributed by atoms with van der Waals surface area (Å²) >= 11 is 0. The Kier molecular flexibility index (Phi) is 5.46. The summed E-state index contributed by atoms with van der Waals surface area (Å²) in [6.07, 6.45) is 2.02. The van der Waals surface area contributed by atoms with E-state index in [4.69, 9.17) is 9.73 Å². The third kappa shape index (κ3) is 4.16. The Morgan fingerprint density at radius 1 is 1.12 bits per heavy atom. The Morgan fingerprint density at radius 3 is 2.35 bits per heavy atom. The van der Waals surface area contributed by atoms with Crippen molar-refractivity contribution in [3.63, 3.8) is 0 Å². The Balaban J connectivity index is 1.98. The van der Waals surface area contributed by atoms with E-state index in [2.05, 4.69) is 64.2 Å². The quantitative estimate of drug-likeness (QED) is 0.772. The molecule has 1 heterocycles. The zero-order valence-electron chi connectivity index (χ0n) is 16.3. The maximum atomic E-state index is 5.83. The molecule has 0 amide bonds. The summed E-state index contributed by atoms with van der Waals surface area (Å²) in [4.78, 5) is 4.73. The topological polar surface area (TPSA) is 33.6 Å². The van der Waals surface area contributed by atoms with Gasteiger partial charge in [0.15, 0.2) is 0 Å². The van der Waals surface area contributed by atoms with Gasteiger partial charge in [-0.15, -0.1) is 0 Å². The van der Waals surface area contributed by atoms with Crippen LogP contribution in [0.15, 0.2) is 53.5 Å². The van der Waals surface area contributed by atoms with Crippen LogP contribution in [0, 0.1) is 26.7 Å². The number of ether oxygens (including phenoxy) is 1. The van der Waals surface area contributed by atoms with E-state index in [1.807, 2.05) is 24.3 Å². The van der Waals surface area contributed by atoms with Gasteiger partial charge in [-0.05, 0) is 43.4 Å². The molecule has 0 spiro atoms. The molecule has 136 valence electrons. The second-order valence-corrected chi connectivity index (χ2v) is 7.41. The van der Waals surface area contributed by atoms with Crippen LogP contribution in [0.2, 0.25) is 0 Å². The summed E-state index contributed by atoms with van der Waals surface area (Å²) in [5.41, 5.74) is 7.01. The summed E-state index contributed by atoms with van der Waals surface area (Å²) in [5, 5.41) is 3.63. The van der Waals surface area contributed by atoms with E-state index < -0.39 is 0 Å². The fraction of sp³-hybridized carbons (Fsp3) is 0.348. The lowest BCUT2D eigenvalue weighted by atomic mass is 10.0. The van der Waals surface area contributed by atoms with Crippen molar-refractivity contribution in [1.82, 2.24) is 0 Å². The van der Waals surface area contributed by atoms with E-state index in [1.54, 1.807) is 0 Å². The van der Waals surface area contributed by atoms with Crippen molar-refractivity contribution in [2.75, 3.05) is 11.9 Å². The normalized spacial score (nSPS) is 17.2. The molecule has 0 radical (unpaired) electrons. The van der Waals surface area contributed by atoms with Crippen molar-refractivity contribution in [2.24, 2.45) is 10.9 Å². The SMILES string of the molecule is Cc1cc(C)c(NC(=CC2=NC(C(C)C)CO2)c2ccccc2)c(C)c1. The van der Waals surface area contributed by atoms with E-state index >= 15 is 0 Å². The predicted molar refractivity (Wildman–Crippen MR) is 111 cm³/mol. The number of hydrogen-bond acceptors (Lipinski definition) is 3. The van der Waals surface area contributed by atoms with Gasteiger partial charge in [-0.2, -0.15) is 0 Å². The molecular formula is C23H28N2O. The third-order valence-corrected chi connectivity index (χ3v) is 4.75. The minimum Gasteiger partial charge on any atom is -0.476 e. The van der Waals surface area contributed by atoms with Gasteiger partial charge in [0.05, 0.1) is 11.7 Å². The fourth-order valence-electron chi connectivity index (χ4n) is 3.27. The average molecular weight is 348 g/mol. The largest absolute Gasteiger partial charge is 0.476 e. The summed E-state index contributed by atoms with van der Waals surface area (Å²) in [6, 6.07) is 15.0. The third-order valence-electron chi connectivity index (χ3n) is 4.75. The average Bonchev–Trinajstić information content (AvgIpc) is 3.06. The first-order valence-electron chi connectivity index (χ1n) is 9.26. The minimum atomic E-state index is 0.237. The lowest BCUT2D eigenvalue weighted by Gasteiger charge is -2.17. The van der Waals surface area contributed by atoms with Gasteiger partial charge in [0.25, 0.3) is 0 Å². The molecule has 1 aliphatic rings. The summed E-state index contributed by atoms with van der Waals surface area (Å²) in [6.45, 7) is 11.4. The number of aliphatic imine (C=N–C) groups is 1. The van der Waals surface area contributed by atoms with Gasteiger partial charge in [-0.1, -0.05) is 61.9 Å². The first-order valence-corrected chi connectivity index (χ1v) is 9.26. The zero-order chi connectivity index (χ0) is 18.7. The number of nitrogens with one attached hydrogen (secondary N) is 1. The number of rotatable bonds is 5. The molecule has 1 aliphatic heterocycles. The van der Waals surface area contributed by atoms with Gasteiger partial charge in [0, 0.05) is 11.8 Å². The molecule has 1 N–H and O–H groups in total. The number of benzene rings is 2. The monoisotopic (exact) mass is 348 g/mol. The molecule has 3 nitrogen and oxygen atoms in total. The highest BCUT2D eigenvalue weighted by atomic mass is 16.5. The van der Waals surface area contributed by atoms with E-state index in [9.17, 15) is 0 Å². The van der Waals surface area contributed by atoms with Crippen LogP contribution >= 0.6 is 0 Å². The number of aryl methyl sites for hydroxylation is 3. The van der Waals surface area contributed by atoms with Crippen LogP contribution in [0.1, 0.15) is 36.1 Å². The number of nitrogens with zero attached hydrogens (tertiary/aromatic N) is 1. The van der Waals surface area contributed by atoms with E-state index in [1.165, 1.54) is 16.7 Å². The van der Waals surface area contributed by atoms with Crippen molar-refractivity contribution in [2.45, 2.75) is 40.7 Å². The molecule has 26 heavy (non-hydrogen) atoms. The van der Waals surface area contributed by atoms with E-state index in [0.717, 1.165) is 16.9 Å². The van der Waals surface area contributed by atoms with Crippen molar-refractivity contribution in [3.8, 4) is 0 Å². The van der Waals surface area contributed by atoms with Crippen LogP contribution in [0.5, 0.6) is 0 Å². The summed E-state index contributed by atoms with van der Waals surface area (Å²) in [7, 11) is 0. The first-order chi connectivity index (χ1) is 12.4. The molecule has 0 bridgehead atoms. The van der Waals surface area contributed by atoms with Crippen molar-refractivity contribution < 1.29 is 4.74 Å². The maximum Gasteiger partial charge on any atom is 0.211 e. The summed E-state index contributed by atoms with van der Waals surface area (Å²) in [5.74, 6) is 1.19. The van der Waals surface area contributed by atoms with Gasteiger partial charge in [0.2, 0.25) is 5.90 Å². The zero-order valence-corrected chi connectivity index (χ0v) is 16.3. The highest BCUT2D eigenvalue weighted by Crippen LogP contribution is 2.27. The van der Waals surface area contributed by atoms with Crippen LogP contribution < -0.4 is 5.32 Å². The molecule has 0 aromatic heterocycles. The number of anilines is 1. The molecule has 1 unspecified atom stereocenters. The van der Waals surface area contributed by atoms with Crippen molar-refractivity contribution in [3.05, 3.63) is 70.8 Å². The second kappa shape index (κ2) is 7.77. The molecule has 1 atom stereocenters. The second-order valence-electron chi connectivity index (χ2n) is 7.41. The molecular weight excluding hydrogens is 320 g/mol. The molecule has 0 saturated carbocycles. The minimum absolute atomic E-state index is 0.237. The number of hydrogen-bond donors (Lipinski definition) is 1. The van der Waals surface area contributed by atoms with E-state index in [-0.39, 0.29) is 6.04 Å². The maximum absolute atomic E-state index is 5.83. The summed E-state index contributed by atoms with van der Waals surface area (Å²) < 4.78 is 5.83. The highest BCUT2D eigenvalue weighted by Gasteiger charge is 2.21. The highest BCUT2D eigenvalue weighted by molar-refractivity contribution is 5.98. The Morgan fingerprint density at radius 2 is 1.77 bits per heavy atom. The molecule has 0 aliphatic carbocycles. The lowest BCUT2D eigenvalue weighted by Crippen LogP contribution is -2.13. The van der Waals surface area contributed by atoms with Gasteiger partial charge >= 0.3 is 0 Å². The Bertz CT molecular complexity index is 812. The van der Waals surface area contributed by atoms with Crippen LogP contribution in [-0.4, -0.2) is 18.5 Å². The lowest BCUT2D eigenvalue weighted by molar-refractivity contribution is 0.293. The molecule has 0 saturated heterocycles. The van der Waals surface area contributed by atoms with Gasteiger partial charge in [-0.3, -0.25) is 0 Å². The van der Waals surface area contributed by atoms with Crippen LogP contribution in [0.4, 0.5) is 5.69 Å². The molecule has 2 aromatic rings. The standard InChI is InChI=1S/C23H28N2O/c1-15(2)21-14-26-22(24-21)13-20(19-9-7-6-8-10-19)25-23-17(4)11-16(3)12-18(23)5/h6-13,15,21,25H,14H2,1-5H3. The molecule has 0 fully saturated rings. The Labute approximate surface area is 156 Å². The van der Waals surface area contributed by atoms with Crippen molar-refractivity contribution >= 4 is 17.3 Å². The molecule has 2 aromatic carbocycles.